The number of carbonyl (C=O) groups excluding carboxylic acids is 1. The molecule has 0 unspecified atom stereocenters. The maximum absolute atomic E-state index is 12.2. The monoisotopic (exact) mass is 532 g/mol. The molecule has 1 fully saturated rings. The summed E-state index contributed by atoms with van der Waals surface area (Å²) in [6.45, 7) is 6.55. The molecule has 0 N–H and O–H groups in total. The van der Waals surface area contributed by atoms with Gasteiger partial charge in [0, 0.05) is 6.92 Å². The Kier molecular flexibility index (Phi) is 11.3. The van der Waals surface area contributed by atoms with E-state index in [0.29, 0.717) is 19.8 Å². The number of benzene rings is 3. The summed E-state index contributed by atoms with van der Waals surface area (Å²) in [6.07, 6.45) is -2.00. The molecule has 3 aromatic rings. The smallest absolute Gasteiger partial charge is 0.303 e. The Morgan fingerprint density at radius 3 is 1.77 bits per heavy atom. The lowest BCUT2D eigenvalue weighted by molar-refractivity contribution is -0.318. The predicted octanol–water partition coefficient (Wildman–Crippen LogP) is 5.23. The fraction of sp³-hybridized carbons (Fsp3) is 0.344. The third-order valence-corrected chi connectivity index (χ3v) is 6.24. The number of hydrogen-bond acceptors (Lipinski definition) is 7. The van der Waals surface area contributed by atoms with Crippen LogP contribution in [0.15, 0.2) is 104 Å². The molecule has 7 nitrogen and oxygen atoms in total. The third kappa shape index (κ3) is 8.85. The van der Waals surface area contributed by atoms with E-state index < -0.39 is 36.7 Å². The maximum atomic E-state index is 12.2. The molecular weight excluding hydrogens is 496 g/mol. The third-order valence-electron chi connectivity index (χ3n) is 6.24. The lowest BCUT2D eigenvalue weighted by atomic mass is 9.98. The summed E-state index contributed by atoms with van der Waals surface area (Å²) in [7, 11) is 0. The molecular formula is C32H36O7. The fourth-order valence-corrected chi connectivity index (χ4v) is 4.42. The molecule has 0 aliphatic carbocycles. The largest absolute Gasteiger partial charge is 0.454 e. The maximum Gasteiger partial charge on any atom is 0.303 e. The average molecular weight is 533 g/mol. The Morgan fingerprint density at radius 2 is 1.26 bits per heavy atom. The van der Waals surface area contributed by atoms with E-state index in [4.69, 9.17) is 28.4 Å². The summed E-state index contributed by atoms with van der Waals surface area (Å²) >= 11 is 0. The zero-order valence-corrected chi connectivity index (χ0v) is 22.2. The SMILES string of the molecule is C=CCO[C@@H]1O[C@H](COCc2ccccc2)[C@H](OCc2ccccc2)[C@H](OCc2ccccc2)[C@H]1OC(C)=O. The summed E-state index contributed by atoms with van der Waals surface area (Å²) in [6, 6.07) is 29.6. The Labute approximate surface area is 230 Å². The van der Waals surface area contributed by atoms with E-state index in [1.807, 2.05) is 91.0 Å². The Morgan fingerprint density at radius 1 is 0.744 bits per heavy atom. The van der Waals surface area contributed by atoms with Gasteiger partial charge in [-0.2, -0.15) is 0 Å². The van der Waals surface area contributed by atoms with Gasteiger partial charge in [0.1, 0.15) is 18.3 Å². The van der Waals surface area contributed by atoms with Crippen LogP contribution in [0.2, 0.25) is 0 Å². The van der Waals surface area contributed by atoms with Gasteiger partial charge in [-0.1, -0.05) is 97.1 Å². The molecule has 0 spiro atoms. The van der Waals surface area contributed by atoms with Crippen molar-refractivity contribution >= 4 is 5.97 Å². The van der Waals surface area contributed by atoms with Crippen LogP contribution in [0.3, 0.4) is 0 Å². The van der Waals surface area contributed by atoms with Crippen molar-refractivity contribution in [1.29, 1.82) is 0 Å². The van der Waals surface area contributed by atoms with Crippen LogP contribution in [0.5, 0.6) is 0 Å². The minimum absolute atomic E-state index is 0.209. The van der Waals surface area contributed by atoms with Gasteiger partial charge in [-0.15, -0.1) is 6.58 Å². The van der Waals surface area contributed by atoms with Crippen molar-refractivity contribution in [1.82, 2.24) is 0 Å². The highest BCUT2D eigenvalue weighted by atomic mass is 16.7. The first-order valence-corrected chi connectivity index (χ1v) is 13.1. The number of hydrogen-bond donors (Lipinski definition) is 0. The summed E-state index contributed by atoms with van der Waals surface area (Å²) in [5, 5.41) is 0. The van der Waals surface area contributed by atoms with Crippen LogP contribution >= 0.6 is 0 Å². The quantitative estimate of drug-likeness (QED) is 0.208. The molecule has 7 heteroatoms. The normalized spacial score (nSPS) is 22.7. The molecule has 1 aliphatic rings. The average Bonchev–Trinajstić information content (AvgIpc) is 2.96. The highest BCUT2D eigenvalue weighted by Crippen LogP contribution is 2.31. The van der Waals surface area contributed by atoms with Crippen LogP contribution in [-0.2, 0) is 53.0 Å². The summed E-state index contributed by atoms with van der Waals surface area (Å²) in [5.41, 5.74) is 3.02. The molecule has 0 aromatic heterocycles. The van der Waals surface area contributed by atoms with Crippen molar-refractivity contribution in [2.75, 3.05) is 13.2 Å². The van der Waals surface area contributed by atoms with Crippen molar-refractivity contribution in [2.24, 2.45) is 0 Å². The van der Waals surface area contributed by atoms with Gasteiger partial charge in [0.2, 0.25) is 0 Å². The molecule has 39 heavy (non-hydrogen) atoms. The number of carbonyl (C=O) groups is 1. The summed E-state index contributed by atoms with van der Waals surface area (Å²) in [5.74, 6) is -0.468. The van der Waals surface area contributed by atoms with E-state index >= 15 is 0 Å². The van der Waals surface area contributed by atoms with Crippen LogP contribution in [0.4, 0.5) is 0 Å². The number of rotatable bonds is 14. The molecule has 0 saturated carbocycles. The second-order valence-corrected chi connectivity index (χ2v) is 9.26. The fourth-order valence-electron chi connectivity index (χ4n) is 4.42. The van der Waals surface area contributed by atoms with Crippen LogP contribution in [-0.4, -0.2) is 49.9 Å². The van der Waals surface area contributed by atoms with Gasteiger partial charge in [0.25, 0.3) is 0 Å². The van der Waals surface area contributed by atoms with Crippen molar-refractivity contribution in [3.63, 3.8) is 0 Å². The summed E-state index contributed by atoms with van der Waals surface area (Å²) < 4.78 is 37.0. The van der Waals surface area contributed by atoms with Gasteiger partial charge in [-0.25, -0.2) is 0 Å². The topological polar surface area (TPSA) is 72.5 Å². The Hall–Kier alpha value is -3.33. The standard InChI is InChI=1S/C32H36O7/c1-3-19-35-32-31(38-24(2)33)30(37-22-27-17-11-6-12-18-27)29(36-21-26-15-9-5-10-16-26)28(39-32)23-34-20-25-13-7-4-8-14-25/h3-18,28-32H,1,19-23H2,2H3/t28-,29+,30+,31-,32-/m1/s1. The molecule has 1 aliphatic heterocycles. The van der Waals surface area contributed by atoms with Gasteiger partial charge < -0.3 is 28.4 Å². The zero-order chi connectivity index (χ0) is 27.3. The number of esters is 1. The number of ether oxygens (including phenoxy) is 6. The van der Waals surface area contributed by atoms with Crippen LogP contribution in [0.1, 0.15) is 23.6 Å². The first-order chi connectivity index (χ1) is 19.1. The molecule has 1 saturated heterocycles. The molecule has 0 radical (unpaired) electrons. The minimum Gasteiger partial charge on any atom is -0.454 e. The zero-order valence-electron chi connectivity index (χ0n) is 22.2. The van der Waals surface area contributed by atoms with Crippen molar-refractivity contribution in [3.05, 3.63) is 120 Å². The first-order valence-electron chi connectivity index (χ1n) is 13.1. The molecule has 1 heterocycles. The predicted molar refractivity (Wildman–Crippen MR) is 146 cm³/mol. The van der Waals surface area contributed by atoms with E-state index in [9.17, 15) is 4.79 Å². The van der Waals surface area contributed by atoms with Crippen LogP contribution < -0.4 is 0 Å². The molecule has 4 rings (SSSR count). The van der Waals surface area contributed by atoms with E-state index in [0.717, 1.165) is 16.7 Å². The Balaban J connectivity index is 1.59. The van der Waals surface area contributed by atoms with Gasteiger partial charge in [-0.05, 0) is 16.7 Å². The molecule has 0 amide bonds. The van der Waals surface area contributed by atoms with Crippen molar-refractivity contribution in [2.45, 2.75) is 57.5 Å². The van der Waals surface area contributed by atoms with E-state index in [1.165, 1.54) is 6.92 Å². The van der Waals surface area contributed by atoms with Crippen molar-refractivity contribution in [3.8, 4) is 0 Å². The molecule has 0 bridgehead atoms. The molecule has 5 atom stereocenters. The van der Waals surface area contributed by atoms with Crippen molar-refractivity contribution < 1.29 is 33.2 Å². The minimum atomic E-state index is -0.894. The van der Waals surface area contributed by atoms with Gasteiger partial charge >= 0.3 is 5.97 Å². The highest BCUT2D eigenvalue weighted by Gasteiger charge is 2.50. The van der Waals surface area contributed by atoms with E-state index in [1.54, 1.807) is 6.08 Å². The second-order valence-electron chi connectivity index (χ2n) is 9.26. The summed E-state index contributed by atoms with van der Waals surface area (Å²) in [4.78, 5) is 12.2. The van der Waals surface area contributed by atoms with Gasteiger partial charge in [-0.3, -0.25) is 4.79 Å². The lowest BCUT2D eigenvalue weighted by Crippen LogP contribution is -2.62. The van der Waals surface area contributed by atoms with Gasteiger partial charge in [0.15, 0.2) is 12.4 Å². The highest BCUT2D eigenvalue weighted by molar-refractivity contribution is 5.66. The lowest BCUT2D eigenvalue weighted by Gasteiger charge is -2.45. The Bertz CT molecular complexity index is 1120. The second kappa shape index (κ2) is 15.3. The van der Waals surface area contributed by atoms with Crippen LogP contribution in [0, 0.1) is 0 Å². The van der Waals surface area contributed by atoms with Crippen LogP contribution in [0.25, 0.3) is 0 Å². The molecule has 206 valence electrons. The first kappa shape index (κ1) is 28.7. The van der Waals surface area contributed by atoms with E-state index in [2.05, 4.69) is 6.58 Å². The van der Waals surface area contributed by atoms with E-state index in [-0.39, 0.29) is 13.2 Å². The van der Waals surface area contributed by atoms with Gasteiger partial charge in [0.05, 0.1) is 33.0 Å². The molecule has 3 aromatic carbocycles.